The normalized spacial score (nSPS) is 20.8. The standard InChI is InChI=1S/C9H22N4/c1-10-11-4-3-5-13-8-6-12(2)7-9-13/h10-11H,3-9H2,1-2H3. The van der Waals surface area contributed by atoms with Crippen molar-refractivity contribution in [2.75, 3.05) is 53.4 Å². The zero-order valence-electron chi connectivity index (χ0n) is 8.84. The molecule has 0 bridgehead atoms. The van der Waals surface area contributed by atoms with Gasteiger partial charge in [-0.3, -0.25) is 10.9 Å². The highest BCUT2D eigenvalue weighted by molar-refractivity contribution is 4.68. The van der Waals surface area contributed by atoms with Crippen LogP contribution in [0.15, 0.2) is 0 Å². The Kier molecular flexibility index (Phi) is 5.31. The molecule has 13 heavy (non-hydrogen) atoms. The first-order valence-corrected chi connectivity index (χ1v) is 5.13. The van der Waals surface area contributed by atoms with Crippen LogP contribution >= 0.6 is 0 Å². The molecule has 0 unspecified atom stereocenters. The minimum absolute atomic E-state index is 1.06. The molecule has 0 amide bonds. The highest BCUT2D eigenvalue weighted by Gasteiger charge is 2.12. The summed E-state index contributed by atoms with van der Waals surface area (Å²) in [6.07, 6.45) is 1.23. The van der Waals surface area contributed by atoms with Gasteiger partial charge in [0.1, 0.15) is 0 Å². The highest BCUT2D eigenvalue weighted by Crippen LogP contribution is 1.99. The fourth-order valence-electron chi connectivity index (χ4n) is 1.59. The van der Waals surface area contributed by atoms with Crippen molar-refractivity contribution in [1.29, 1.82) is 0 Å². The van der Waals surface area contributed by atoms with E-state index in [1.54, 1.807) is 0 Å². The van der Waals surface area contributed by atoms with Crippen LogP contribution in [-0.4, -0.2) is 63.2 Å². The maximum absolute atomic E-state index is 3.11. The maximum Gasteiger partial charge on any atom is 0.0112 e. The van der Waals surface area contributed by atoms with Crippen molar-refractivity contribution in [3.63, 3.8) is 0 Å². The van der Waals surface area contributed by atoms with E-state index in [2.05, 4.69) is 27.7 Å². The molecule has 4 nitrogen and oxygen atoms in total. The zero-order valence-corrected chi connectivity index (χ0v) is 8.84. The summed E-state index contributed by atoms with van der Waals surface area (Å²) in [4.78, 5) is 4.93. The van der Waals surface area contributed by atoms with Crippen molar-refractivity contribution in [3.8, 4) is 0 Å². The van der Waals surface area contributed by atoms with Crippen LogP contribution in [0, 0.1) is 0 Å². The highest BCUT2D eigenvalue weighted by atomic mass is 15.3. The smallest absolute Gasteiger partial charge is 0.0112 e. The molecule has 0 aromatic carbocycles. The molecular weight excluding hydrogens is 164 g/mol. The Morgan fingerprint density at radius 2 is 1.85 bits per heavy atom. The summed E-state index contributed by atoms with van der Waals surface area (Å²) < 4.78 is 0. The van der Waals surface area contributed by atoms with Gasteiger partial charge in [-0.15, -0.1) is 0 Å². The number of piperazine rings is 1. The first-order chi connectivity index (χ1) is 6.33. The van der Waals surface area contributed by atoms with Gasteiger partial charge in [0, 0.05) is 32.7 Å². The van der Waals surface area contributed by atoms with Gasteiger partial charge in [0.2, 0.25) is 0 Å². The second-order valence-corrected chi connectivity index (χ2v) is 3.68. The van der Waals surface area contributed by atoms with E-state index in [-0.39, 0.29) is 0 Å². The predicted molar refractivity (Wildman–Crippen MR) is 55.6 cm³/mol. The predicted octanol–water partition coefficient (Wildman–Crippen LogP) is -0.652. The lowest BCUT2D eigenvalue weighted by atomic mass is 10.3. The molecule has 0 aliphatic carbocycles. The van der Waals surface area contributed by atoms with Crippen LogP contribution in [0.4, 0.5) is 0 Å². The Bertz CT molecular complexity index is 121. The van der Waals surface area contributed by atoms with E-state index >= 15 is 0 Å². The molecule has 1 fully saturated rings. The molecule has 0 aromatic rings. The van der Waals surface area contributed by atoms with E-state index in [0.29, 0.717) is 0 Å². The van der Waals surface area contributed by atoms with Gasteiger partial charge in [0.15, 0.2) is 0 Å². The van der Waals surface area contributed by atoms with Crippen LogP contribution in [0.2, 0.25) is 0 Å². The van der Waals surface area contributed by atoms with Crippen molar-refractivity contribution in [3.05, 3.63) is 0 Å². The third-order valence-electron chi connectivity index (χ3n) is 2.55. The van der Waals surface area contributed by atoms with E-state index in [1.807, 2.05) is 7.05 Å². The molecule has 4 heteroatoms. The van der Waals surface area contributed by atoms with E-state index in [1.165, 1.54) is 39.1 Å². The monoisotopic (exact) mass is 186 g/mol. The van der Waals surface area contributed by atoms with E-state index in [9.17, 15) is 0 Å². The van der Waals surface area contributed by atoms with Crippen LogP contribution in [0.1, 0.15) is 6.42 Å². The average molecular weight is 186 g/mol. The van der Waals surface area contributed by atoms with Crippen LogP contribution in [0.5, 0.6) is 0 Å². The SMILES string of the molecule is CNNCCCN1CCN(C)CC1. The van der Waals surface area contributed by atoms with E-state index < -0.39 is 0 Å². The van der Waals surface area contributed by atoms with Gasteiger partial charge in [-0.25, -0.2) is 0 Å². The van der Waals surface area contributed by atoms with Crippen molar-refractivity contribution in [2.45, 2.75) is 6.42 Å². The number of likely N-dealkylation sites (N-methyl/N-ethyl adjacent to an activating group) is 1. The molecular formula is C9H22N4. The Balaban J connectivity index is 1.96. The third kappa shape index (κ3) is 4.57. The van der Waals surface area contributed by atoms with Crippen molar-refractivity contribution in [2.24, 2.45) is 0 Å². The van der Waals surface area contributed by atoms with Gasteiger partial charge in [0.05, 0.1) is 0 Å². The molecule has 1 heterocycles. The molecule has 0 aromatic heterocycles. The fourth-order valence-corrected chi connectivity index (χ4v) is 1.59. The quantitative estimate of drug-likeness (QED) is 0.441. The lowest BCUT2D eigenvalue weighted by Gasteiger charge is -2.32. The number of nitrogens with zero attached hydrogens (tertiary/aromatic N) is 2. The van der Waals surface area contributed by atoms with Gasteiger partial charge in [0.25, 0.3) is 0 Å². The zero-order chi connectivity index (χ0) is 9.52. The molecule has 1 aliphatic rings. The van der Waals surface area contributed by atoms with Gasteiger partial charge in [-0.2, -0.15) is 0 Å². The largest absolute Gasteiger partial charge is 0.304 e. The summed E-state index contributed by atoms with van der Waals surface area (Å²) in [5.41, 5.74) is 6.05. The molecule has 1 aliphatic heterocycles. The van der Waals surface area contributed by atoms with Gasteiger partial charge < -0.3 is 9.80 Å². The van der Waals surface area contributed by atoms with E-state index in [0.717, 1.165) is 6.54 Å². The van der Waals surface area contributed by atoms with E-state index in [4.69, 9.17) is 0 Å². The van der Waals surface area contributed by atoms with Crippen LogP contribution < -0.4 is 10.9 Å². The number of hydrogen-bond donors (Lipinski definition) is 2. The lowest BCUT2D eigenvalue weighted by Crippen LogP contribution is -2.45. The van der Waals surface area contributed by atoms with Crippen molar-refractivity contribution in [1.82, 2.24) is 20.7 Å². The minimum atomic E-state index is 1.06. The molecule has 1 saturated heterocycles. The third-order valence-corrected chi connectivity index (χ3v) is 2.55. The summed E-state index contributed by atoms with van der Waals surface area (Å²) in [5.74, 6) is 0. The number of rotatable bonds is 5. The summed E-state index contributed by atoms with van der Waals surface area (Å²) in [7, 11) is 4.11. The number of hydrazine groups is 1. The Hall–Kier alpha value is -0.160. The van der Waals surface area contributed by atoms with Crippen molar-refractivity contribution >= 4 is 0 Å². The molecule has 0 atom stereocenters. The Morgan fingerprint density at radius 3 is 2.46 bits per heavy atom. The molecule has 0 radical (unpaired) electrons. The summed E-state index contributed by atoms with van der Waals surface area (Å²) in [6.45, 7) is 7.19. The number of hydrogen-bond acceptors (Lipinski definition) is 4. The van der Waals surface area contributed by atoms with Gasteiger partial charge in [-0.1, -0.05) is 0 Å². The van der Waals surface area contributed by atoms with Crippen LogP contribution in [-0.2, 0) is 0 Å². The molecule has 78 valence electrons. The fraction of sp³-hybridized carbons (Fsp3) is 1.00. The summed E-state index contributed by atoms with van der Waals surface area (Å²) in [5, 5.41) is 0. The first-order valence-electron chi connectivity index (χ1n) is 5.13. The lowest BCUT2D eigenvalue weighted by molar-refractivity contribution is 0.152. The summed E-state index contributed by atoms with van der Waals surface area (Å²) in [6, 6.07) is 0. The van der Waals surface area contributed by atoms with Crippen molar-refractivity contribution < 1.29 is 0 Å². The van der Waals surface area contributed by atoms with Crippen LogP contribution in [0.3, 0.4) is 0 Å². The number of nitrogens with one attached hydrogen (secondary N) is 2. The first kappa shape index (κ1) is 10.9. The topological polar surface area (TPSA) is 30.5 Å². The van der Waals surface area contributed by atoms with Crippen LogP contribution in [0.25, 0.3) is 0 Å². The van der Waals surface area contributed by atoms with Gasteiger partial charge in [-0.05, 0) is 27.1 Å². The Labute approximate surface area is 81.2 Å². The molecule has 2 N–H and O–H groups in total. The molecule has 0 saturated carbocycles. The summed E-state index contributed by atoms with van der Waals surface area (Å²) >= 11 is 0. The van der Waals surface area contributed by atoms with Gasteiger partial charge >= 0.3 is 0 Å². The second kappa shape index (κ2) is 6.32. The maximum atomic E-state index is 3.11. The molecule has 0 spiro atoms. The second-order valence-electron chi connectivity index (χ2n) is 3.68. The average Bonchev–Trinajstić information content (AvgIpc) is 2.15. The Morgan fingerprint density at radius 1 is 1.15 bits per heavy atom. The minimum Gasteiger partial charge on any atom is -0.304 e. The molecule has 1 rings (SSSR count).